The van der Waals surface area contributed by atoms with E-state index >= 15 is 0 Å². The van der Waals surface area contributed by atoms with Gasteiger partial charge in [0.15, 0.2) is 15.8 Å². The number of rotatable bonds is 11. The predicted octanol–water partition coefficient (Wildman–Crippen LogP) is 1.83. The van der Waals surface area contributed by atoms with Crippen LogP contribution in [-0.4, -0.2) is 53.5 Å². The van der Waals surface area contributed by atoms with Gasteiger partial charge in [-0.25, -0.2) is 8.42 Å². The van der Waals surface area contributed by atoms with E-state index in [-0.39, 0.29) is 5.75 Å². The van der Waals surface area contributed by atoms with Crippen molar-refractivity contribution in [2.24, 2.45) is 4.99 Å². The van der Waals surface area contributed by atoms with Crippen molar-refractivity contribution in [2.75, 3.05) is 39.1 Å². The average molecular weight is 356 g/mol. The lowest BCUT2D eigenvalue weighted by Crippen LogP contribution is -2.38. The molecule has 7 heteroatoms. The number of aliphatic imine (C=N–C) groups is 1. The third-order valence-electron chi connectivity index (χ3n) is 3.42. The second-order valence-corrected chi connectivity index (χ2v) is 7.42. The van der Waals surface area contributed by atoms with E-state index in [0.29, 0.717) is 23.8 Å². The molecule has 0 aliphatic carbocycles. The minimum atomic E-state index is -3.21. The van der Waals surface area contributed by atoms with E-state index in [9.17, 15) is 8.42 Å². The lowest BCUT2D eigenvalue weighted by atomic mass is 10.3. The SMILES string of the molecule is CCOCCCCNC(=NC)NCCCS(=O)(=O)c1ccccc1. The molecule has 0 aliphatic heterocycles. The van der Waals surface area contributed by atoms with Gasteiger partial charge < -0.3 is 15.4 Å². The molecule has 0 saturated carbocycles. The fourth-order valence-electron chi connectivity index (χ4n) is 2.12. The summed E-state index contributed by atoms with van der Waals surface area (Å²) in [5, 5.41) is 6.35. The normalized spacial score (nSPS) is 12.2. The van der Waals surface area contributed by atoms with Gasteiger partial charge in [0.2, 0.25) is 0 Å². The maximum Gasteiger partial charge on any atom is 0.190 e. The van der Waals surface area contributed by atoms with Crippen LogP contribution in [0.5, 0.6) is 0 Å². The van der Waals surface area contributed by atoms with E-state index in [4.69, 9.17) is 4.74 Å². The van der Waals surface area contributed by atoms with Gasteiger partial charge in [0, 0.05) is 33.4 Å². The Bertz CT molecular complexity index is 574. The van der Waals surface area contributed by atoms with E-state index in [1.54, 1.807) is 31.3 Å². The topological polar surface area (TPSA) is 79.8 Å². The van der Waals surface area contributed by atoms with Crippen molar-refractivity contribution in [2.45, 2.75) is 31.1 Å². The Hall–Kier alpha value is -1.60. The minimum absolute atomic E-state index is 0.120. The van der Waals surface area contributed by atoms with E-state index in [1.807, 2.05) is 13.0 Å². The largest absolute Gasteiger partial charge is 0.382 e. The second kappa shape index (κ2) is 11.9. The van der Waals surface area contributed by atoms with Crippen LogP contribution in [0.2, 0.25) is 0 Å². The fraction of sp³-hybridized carbons (Fsp3) is 0.588. The fourth-order valence-corrected chi connectivity index (χ4v) is 3.45. The third kappa shape index (κ3) is 8.31. The first-order valence-corrected chi connectivity index (χ1v) is 10.1. The molecule has 0 bridgehead atoms. The van der Waals surface area contributed by atoms with Gasteiger partial charge in [0.25, 0.3) is 0 Å². The predicted molar refractivity (Wildman–Crippen MR) is 98.2 cm³/mol. The van der Waals surface area contributed by atoms with Gasteiger partial charge in [0.05, 0.1) is 10.6 Å². The van der Waals surface area contributed by atoms with Gasteiger partial charge in [-0.3, -0.25) is 4.99 Å². The molecule has 0 unspecified atom stereocenters. The van der Waals surface area contributed by atoms with Crippen molar-refractivity contribution in [1.82, 2.24) is 10.6 Å². The highest BCUT2D eigenvalue weighted by molar-refractivity contribution is 7.91. The number of nitrogens with zero attached hydrogens (tertiary/aromatic N) is 1. The van der Waals surface area contributed by atoms with Crippen LogP contribution in [0.3, 0.4) is 0 Å². The number of hydrogen-bond acceptors (Lipinski definition) is 4. The molecule has 0 radical (unpaired) electrons. The maximum absolute atomic E-state index is 12.2. The first kappa shape index (κ1) is 20.4. The van der Waals surface area contributed by atoms with Crippen molar-refractivity contribution in [1.29, 1.82) is 0 Å². The van der Waals surface area contributed by atoms with Gasteiger partial charge in [-0.15, -0.1) is 0 Å². The summed E-state index contributed by atoms with van der Waals surface area (Å²) in [5.41, 5.74) is 0. The maximum atomic E-state index is 12.2. The molecule has 1 rings (SSSR count). The Morgan fingerprint density at radius 1 is 1.08 bits per heavy atom. The van der Waals surface area contributed by atoms with Crippen molar-refractivity contribution in [3.63, 3.8) is 0 Å². The standard InChI is InChI=1S/C17H29N3O3S/c1-3-23-14-8-7-12-19-17(18-2)20-13-9-15-24(21,22)16-10-5-4-6-11-16/h4-6,10-11H,3,7-9,12-15H2,1-2H3,(H2,18,19,20). The Balaban J connectivity index is 2.21. The van der Waals surface area contributed by atoms with Crippen molar-refractivity contribution < 1.29 is 13.2 Å². The number of unbranched alkanes of at least 4 members (excludes halogenated alkanes) is 1. The van der Waals surface area contributed by atoms with Crippen LogP contribution in [0.1, 0.15) is 26.2 Å². The molecule has 1 aromatic carbocycles. The molecule has 24 heavy (non-hydrogen) atoms. The number of hydrogen-bond donors (Lipinski definition) is 2. The van der Waals surface area contributed by atoms with Gasteiger partial charge >= 0.3 is 0 Å². The molecule has 0 atom stereocenters. The van der Waals surface area contributed by atoms with Crippen molar-refractivity contribution in [3.8, 4) is 0 Å². The Morgan fingerprint density at radius 2 is 1.75 bits per heavy atom. The number of guanidine groups is 1. The summed E-state index contributed by atoms with van der Waals surface area (Å²) in [7, 11) is -1.50. The van der Waals surface area contributed by atoms with Crippen LogP contribution in [0.25, 0.3) is 0 Å². The summed E-state index contributed by atoms with van der Waals surface area (Å²) in [5.74, 6) is 0.818. The molecule has 0 saturated heterocycles. The lowest BCUT2D eigenvalue weighted by molar-refractivity contribution is 0.143. The van der Waals surface area contributed by atoms with Crippen LogP contribution < -0.4 is 10.6 Å². The molecular weight excluding hydrogens is 326 g/mol. The number of ether oxygens (including phenoxy) is 1. The second-order valence-electron chi connectivity index (χ2n) is 5.32. The molecule has 0 aliphatic rings. The number of sulfone groups is 1. The summed E-state index contributed by atoms with van der Waals surface area (Å²) in [4.78, 5) is 4.50. The highest BCUT2D eigenvalue weighted by Crippen LogP contribution is 2.10. The Labute approximate surface area is 145 Å². The zero-order chi connectivity index (χ0) is 17.7. The van der Waals surface area contributed by atoms with E-state index in [1.165, 1.54) is 0 Å². The highest BCUT2D eigenvalue weighted by Gasteiger charge is 2.12. The molecular formula is C17H29N3O3S. The first-order valence-electron chi connectivity index (χ1n) is 8.40. The lowest BCUT2D eigenvalue weighted by Gasteiger charge is -2.12. The van der Waals surface area contributed by atoms with E-state index in [2.05, 4.69) is 15.6 Å². The van der Waals surface area contributed by atoms with Crippen LogP contribution in [0.4, 0.5) is 0 Å². The monoisotopic (exact) mass is 355 g/mol. The quantitative estimate of drug-likeness (QED) is 0.360. The highest BCUT2D eigenvalue weighted by atomic mass is 32.2. The summed E-state index contributed by atoms with van der Waals surface area (Å²) < 4.78 is 29.6. The molecule has 0 spiro atoms. The summed E-state index contributed by atoms with van der Waals surface area (Å²) >= 11 is 0. The van der Waals surface area contributed by atoms with Gasteiger partial charge in [0.1, 0.15) is 0 Å². The molecule has 0 amide bonds. The zero-order valence-corrected chi connectivity index (χ0v) is 15.4. The molecule has 0 aromatic heterocycles. The van der Waals surface area contributed by atoms with Crippen LogP contribution >= 0.6 is 0 Å². The van der Waals surface area contributed by atoms with Crippen LogP contribution in [-0.2, 0) is 14.6 Å². The molecule has 0 fully saturated rings. The number of benzene rings is 1. The van der Waals surface area contributed by atoms with Gasteiger partial charge in [-0.05, 0) is 38.3 Å². The summed E-state index contributed by atoms with van der Waals surface area (Å²) in [6.07, 6.45) is 2.54. The van der Waals surface area contributed by atoms with E-state index < -0.39 is 9.84 Å². The first-order chi connectivity index (χ1) is 11.6. The molecule has 0 heterocycles. The Kier molecular flexibility index (Phi) is 10.1. The van der Waals surface area contributed by atoms with Gasteiger partial charge in [-0.2, -0.15) is 0 Å². The molecule has 136 valence electrons. The summed E-state index contributed by atoms with van der Waals surface area (Å²) in [6.45, 7) is 4.89. The molecule has 6 nitrogen and oxygen atoms in total. The molecule has 2 N–H and O–H groups in total. The number of nitrogens with one attached hydrogen (secondary N) is 2. The average Bonchev–Trinajstić information content (AvgIpc) is 2.60. The Morgan fingerprint density at radius 3 is 2.38 bits per heavy atom. The minimum Gasteiger partial charge on any atom is -0.382 e. The smallest absolute Gasteiger partial charge is 0.190 e. The van der Waals surface area contributed by atoms with Crippen molar-refractivity contribution in [3.05, 3.63) is 30.3 Å². The van der Waals surface area contributed by atoms with Crippen molar-refractivity contribution >= 4 is 15.8 Å². The van der Waals surface area contributed by atoms with Crippen LogP contribution in [0.15, 0.2) is 40.2 Å². The van der Waals surface area contributed by atoms with Crippen LogP contribution in [0, 0.1) is 0 Å². The zero-order valence-electron chi connectivity index (χ0n) is 14.6. The third-order valence-corrected chi connectivity index (χ3v) is 5.24. The summed E-state index contributed by atoms with van der Waals surface area (Å²) in [6, 6.07) is 8.55. The van der Waals surface area contributed by atoms with Gasteiger partial charge in [-0.1, -0.05) is 18.2 Å². The van der Waals surface area contributed by atoms with E-state index in [0.717, 1.165) is 32.6 Å². The molecule has 1 aromatic rings.